The molecule has 0 heterocycles. The summed E-state index contributed by atoms with van der Waals surface area (Å²) in [5.74, 6) is 0.828. The van der Waals surface area contributed by atoms with E-state index in [9.17, 15) is 8.42 Å². The molecule has 0 saturated heterocycles. The highest BCUT2D eigenvalue weighted by atomic mass is 32.2. The van der Waals surface area contributed by atoms with Crippen molar-refractivity contribution in [2.24, 2.45) is 11.7 Å². The van der Waals surface area contributed by atoms with Crippen molar-refractivity contribution in [3.63, 3.8) is 0 Å². The Morgan fingerprint density at radius 3 is 2.18 bits per heavy atom. The molecule has 1 aromatic carbocycles. The van der Waals surface area contributed by atoms with Gasteiger partial charge in [-0.15, -0.1) is 0 Å². The van der Waals surface area contributed by atoms with Gasteiger partial charge in [0.25, 0.3) is 10.1 Å². The van der Waals surface area contributed by atoms with Crippen molar-refractivity contribution >= 4 is 10.1 Å². The van der Waals surface area contributed by atoms with Crippen LogP contribution in [0.2, 0.25) is 0 Å². The van der Waals surface area contributed by atoms with Gasteiger partial charge in [-0.2, -0.15) is 8.42 Å². The second-order valence-electron chi connectivity index (χ2n) is 5.80. The maximum Gasteiger partial charge on any atom is 0.294 e. The summed E-state index contributed by atoms with van der Waals surface area (Å²) in [7, 11) is -4.02. The molecule has 4 nitrogen and oxygen atoms in total. The number of hydrogen-bond donors (Lipinski definition) is 2. The van der Waals surface area contributed by atoms with Crippen LogP contribution in [0.1, 0.15) is 44.6 Å². The molecule has 2 rings (SSSR count). The third-order valence-electron chi connectivity index (χ3n) is 3.78. The molecule has 0 spiro atoms. The Bertz CT molecular complexity index is 556. The fourth-order valence-electron chi connectivity index (χ4n) is 2.38. The van der Waals surface area contributed by atoms with E-state index in [0.717, 1.165) is 11.5 Å². The maximum atomic E-state index is 10.5. The molecule has 5 heteroatoms. The fraction of sp³-hybridized carbons (Fsp3) is 0.529. The molecule has 1 aliphatic carbocycles. The van der Waals surface area contributed by atoms with E-state index in [1.807, 2.05) is 6.92 Å². The number of allylic oxidation sites excluding steroid dienone is 2. The van der Waals surface area contributed by atoms with Gasteiger partial charge in [0.15, 0.2) is 0 Å². The van der Waals surface area contributed by atoms with Crippen LogP contribution in [0.3, 0.4) is 0 Å². The van der Waals surface area contributed by atoms with Gasteiger partial charge in [-0.05, 0) is 57.1 Å². The fourth-order valence-corrected chi connectivity index (χ4v) is 2.86. The lowest BCUT2D eigenvalue weighted by molar-refractivity contribution is 0.375. The smallest absolute Gasteiger partial charge is 0.294 e. The van der Waals surface area contributed by atoms with Crippen LogP contribution in [0.25, 0.3) is 0 Å². The zero-order valence-electron chi connectivity index (χ0n) is 13.4. The summed E-state index contributed by atoms with van der Waals surface area (Å²) in [6.07, 6.45) is 10.9. The largest absolute Gasteiger partial charge is 0.328 e. The highest BCUT2D eigenvalue weighted by molar-refractivity contribution is 7.85. The lowest BCUT2D eigenvalue weighted by Gasteiger charge is -2.23. The van der Waals surface area contributed by atoms with Crippen LogP contribution >= 0.6 is 0 Å². The SMILES string of the molecule is CCC=C[C@H]1CC[C@H](N)CC1.Cc1ccc(S(=O)(=O)O)cc1. The molecule has 0 unspecified atom stereocenters. The summed E-state index contributed by atoms with van der Waals surface area (Å²) in [6, 6.07) is 6.47. The molecule has 1 fully saturated rings. The third-order valence-corrected chi connectivity index (χ3v) is 4.65. The van der Waals surface area contributed by atoms with Gasteiger partial charge in [-0.25, -0.2) is 0 Å². The molecule has 0 radical (unpaired) electrons. The highest BCUT2D eigenvalue weighted by Gasteiger charge is 2.15. The maximum absolute atomic E-state index is 10.5. The molecular weight excluding hydrogens is 298 g/mol. The van der Waals surface area contributed by atoms with Crippen LogP contribution in [0, 0.1) is 12.8 Å². The van der Waals surface area contributed by atoms with Crippen LogP contribution in [-0.4, -0.2) is 19.0 Å². The van der Waals surface area contributed by atoms with Gasteiger partial charge in [0.05, 0.1) is 4.90 Å². The van der Waals surface area contributed by atoms with Crippen LogP contribution in [-0.2, 0) is 10.1 Å². The van der Waals surface area contributed by atoms with Crippen molar-refractivity contribution in [3.8, 4) is 0 Å². The van der Waals surface area contributed by atoms with Crippen molar-refractivity contribution in [2.45, 2.75) is 56.9 Å². The van der Waals surface area contributed by atoms with Gasteiger partial charge in [-0.3, -0.25) is 4.55 Å². The first-order valence-corrected chi connectivity index (χ1v) is 9.23. The molecule has 124 valence electrons. The van der Waals surface area contributed by atoms with Gasteiger partial charge in [0.2, 0.25) is 0 Å². The lowest BCUT2D eigenvalue weighted by atomic mass is 9.86. The Morgan fingerprint density at radius 1 is 1.18 bits per heavy atom. The number of rotatable bonds is 3. The summed E-state index contributed by atoms with van der Waals surface area (Å²) in [5.41, 5.74) is 6.76. The van der Waals surface area contributed by atoms with Crippen LogP contribution in [0.5, 0.6) is 0 Å². The van der Waals surface area contributed by atoms with E-state index in [2.05, 4.69) is 19.1 Å². The first-order chi connectivity index (χ1) is 10.3. The first kappa shape index (κ1) is 18.9. The molecule has 0 aromatic heterocycles. The topological polar surface area (TPSA) is 80.4 Å². The van der Waals surface area contributed by atoms with Crippen molar-refractivity contribution < 1.29 is 13.0 Å². The van der Waals surface area contributed by atoms with Crippen LogP contribution in [0.4, 0.5) is 0 Å². The molecule has 0 bridgehead atoms. The first-order valence-electron chi connectivity index (χ1n) is 7.79. The number of aryl methyl sites for hydroxylation is 1. The third kappa shape index (κ3) is 7.20. The summed E-state index contributed by atoms with van der Waals surface area (Å²) >= 11 is 0. The van der Waals surface area contributed by atoms with E-state index in [0.29, 0.717) is 6.04 Å². The second-order valence-corrected chi connectivity index (χ2v) is 7.22. The highest BCUT2D eigenvalue weighted by Crippen LogP contribution is 2.24. The Morgan fingerprint density at radius 2 is 1.73 bits per heavy atom. The van der Waals surface area contributed by atoms with Gasteiger partial charge in [-0.1, -0.05) is 36.8 Å². The van der Waals surface area contributed by atoms with Crippen LogP contribution in [0.15, 0.2) is 41.3 Å². The predicted octanol–water partition coefficient (Wildman–Crippen LogP) is 3.71. The van der Waals surface area contributed by atoms with E-state index in [4.69, 9.17) is 10.3 Å². The summed E-state index contributed by atoms with van der Waals surface area (Å²) in [6.45, 7) is 4.03. The molecule has 0 amide bonds. The quantitative estimate of drug-likeness (QED) is 0.656. The Hall–Kier alpha value is -1.17. The minimum Gasteiger partial charge on any atom is -0.328 e. The summed E-state index contributed by atoms with van der Waals surface area (Å²) in [4.78, 5) is -0.0666. The second kappa shape index (κ2) is 9.08. The molecular formula is C17H27NO3S. The minimum atomic E-state index is -4.02. The Kier molecular flexibility index (Phi) is 7.79. The van der Waals surface area contributed by atoms with Crippen molar-refractivity contribution in [2.75, 3.05) is 0 Å². The Balaban J connectivity index is 0.000000220. The minimum absolute atomic E-state index is 0.0666. The van der Waals surface area contributed by atoms with E-state index in [1.54, 1.807) is 12.1 Å². The molecule has 1 aliphatic rings. The number of hydrogen-bond acceptors (Lipinski definition) is 3. The van der Waals surface area contributed by atoms with Crippen molar-refractivity contribution in [1.82, 2.24) is 0 Å². The van der Waals surface area contributed by atoms with Gasteiger partial charge >= 0.3 is 0 Å². The average Bonchev–Trinajstić information content (AvgIpc) is 2.47. The van der Waals surface area contributed by atoms with Crippen LogP contribution < -0.4 is 5.73 Å². The Labute approximate surface area is 134 Å². The number of benzene rings is 1. The van der Waals surface area contributed by atoms with E-state index in [-0.39, 0.29) is 4.90 Å². The molecule has 1 saturated carbocycles. The zero-order chi connectivity index (χ0) is 16.6. The molecule has 0 aliphatic heterocycles. The predicted molar refractivity (Wildman–Crippen MR) is 90.4 cm³/mol. The van der Waals surface area contributed by atoms with E-state index < -0.39 is 10.1 Å². The lowest BCUT2D eigenvalue weighted by Crippen LogP contribution is -2.25. The van der Waals surface area contributed by atoms with Crippen molar-refractivity contribution in [3.05, 3.63) is 42.0 Å². The summed E-state index contributed by atoms with van der Waals surface area (Å²) < 4.78 is 29.6. The monoisotopic (exact) mass is 325 g/mol. The molecule has 3 N–H and O–H groups in total. The molecule has 1 aromatic rings. The zero-order valence-corrected chi connectivity index (χ0v) is 14.2. The van der Waals surface area contributed by atoms with E-state index >= 15 is 0 Å². The standard InChI is InChI=1S/C10H19N.C7H8O3S/c1-2-3-4-9-5-7-10(11)8-6-9;1-6-2-4-7(5-3-6)11(8,9)10/h3-4,9-10H,2,5-8,11H2,1H3;2-5H,1H3,(H,8,9,10)/t9-,10-;. The van der Waals surface area contributed by atoms with Crippen molar-refractivity contribution in [1.29, 1.82) is 0 Å². The van der Waals surface area contributed by atoms with Gasteiger partial charge in [0, 0.05) is 6.04 Å². The van der Waals surface area contributed by atoms with E-state index in [1.165, 1.54) is 44.2 Å². The normalized spacial score (nSPS) is 22.2. The van der Waals surface area contributed by atoms with Gasteiger partial charge in [0.1, 0.15) is 0 Å². The molecule has 22 heavy (non-hydrogen) atoms. The number of nitrogens with two attached hydrogens (primary N) is 1. The summed E-state index contributed by atoms with van der Waals surface area (Å²) in [5, 5.41) is 0. The average molecular weight is 325 g/mol. The van der Waals surface area contributed by atoms with Gasteiger partial charge < -0.3 is 5.73 Å². The molecule has 0 atom stereocenters.